The number of hydrogen-bond acceptors (Lipinski definition) is 3. The molecule has 100 valence electrons. The van der Waals surface area contributed by atoms with Gasteiger partial charge in [-0.3, -0.25) is 0 Å². The molecule has 2 aromatic rings. The van der Waals surface area contributed by atoms with Crippen LogP contribution in [0.25, 0.3) is 0 Å². The van der Waals surface area contributed by atoms with E-state index in [2.05, 4.69) is 0 Å². The second-order valence-electron chi connectivity index (χ2n) is 4.35. The molecule has 0 amide bonds. The lowest BCUT2D eigenvalue weighted by atomic mass is 10.1. The van der Waals surface area contributed by atoms with E-state index < -0.39 is 6.10 Å². The highest BCUT2D eigenvalue weighted by atomic mass is 16.5. The Bertz CT molecular complexity index is 521. The third kappa shape index (κ3) is 3.48. The van der Waals surface area contributed by atoms with Crippen LogP contribution in [0.15, 0.2) is 48.5 Å². The highest BCUT2D eigenvalue weighted by Gasteiger charge is 2.09. The summed E-state index contributed by atoms with van der Waals surface area (Å²) in [5.74, 6) is 1.37. The molecule has 0 heterocycles. The van der Waals surface area contributed by atoms with Crippen LogP contribution in [-0.2, 0) is 6.61 Å². The normalized spacial score (nSPS) is 11.9. The van der Waals surface area contributed by atoms with Gasteiger partial charge in [0.15, 0.2) is 0 Å². The van der Waals surface area contributed by atoms with Gasteiger partial charge in [0.05, 0.1) is 13.2 Å². The first kappa shape index (κ1) is 13.4. The Labute approximate surface area is 113 Å². The molecule has 19 heavy (non-hydrogen) atoms. The van der Waals surface area contributed by atoms with E-state index in [9.17, 15) is 5.11 Å². The Balaban J connectivity index is 2.09. The van der Waals surface area contributed by atoms with Crippen molar-refractivity contribution in [2.75, 3.05) is 7.11 Å². The second-order valence-corrected chi connectivity index (χ2v) is 4.35. The highest BCUT2D eigenvalue weighted by Crippen LogP contribution is 2.29. The largest absolute Gasteiger partial charge is 0.496 e. The number of rotatable bonds is 5. The number of aliphatic hydroxyl groups is 1. The molecule has 1 atom stereocenters. The molecule has 0 fully saturated rings. The van der Waals surface area contributed by atoms with Crippen molar-refractivity contribution in [1.29, 1.82) is 0 Å². The predicted octanol–water partition coefficient (Wildman–Crippen LogP) is 3.33. The Kier molecular flexibility index (Phi) is 4.42. The van der Waals surface area contributed by atoms with Crippen molar-refractivity contribution in [3.05, 3.63) is 59.7 Å². The minimum atomic E-state index is -0.557. The standard InChI is InChI=1S/C16H18O3/c1-12(17)15-9-8-14(10-16(15)18-2)19-11-13-6-4-3-5-7-13/h3-10,12,17H,11H2,1-2H3. The van der Waals surface area contributed by atoms with Crippen LogP contribution in [0.5, 0.6) is 11.5 Å². The van der Waals surface area contributed by atoms with Crippen molar-refractivity contribution in [2.45, 2.75) is 19.6 Å². The molecule has 3 heteroatoms. The smallest absolute Gasteiger partial charge is 0.128 e. The average Bonchev–Trinajstić information content (AvgIpc) is 2.45. The Morgan fingerprint density at radius 2 is 1.84 bits per heavy atom. The van der Waals surface area contributed by atoms with Gasteiger partial charge in [-0.2, -0.15) is 0 Å². The van der Waals surface area contributed by atoms with Gasteiger partial charge >= 0.3 is 0 Å². The van der Waals surface area contributed by atoms with E-state index in [1.807, 2.05) is 42.5 Å². The third-order valence-corrected chi connectivity index (χ3v) is 2.90. The summed E-state index contributed by atoms with van der Waals surface area (Å²) in [6.07, 6.45) is -0.557. The van der Waals surface area contributed by atoms with Gasteiger partial charge < -0.3 is 14.6 Å². The maximum Gasteiger partial charge on any atom is 0.128 e. The molecule has 0 aliphatic carbocycles. The lowest BCUT2D eigenvalue weighted by molar-refractivity contribution is 0.194. The summed E-state index contributed by atoms with van der Waals surface area (Å²) in [7, 11) is 1.59. The summed E-state index contributed by atoms with van der Waals surface area (Å²) in [6, 6.07) is 15.4. The first-order valence-electron chi connectivity index (χ1n) is 6.23. The molecule has 2 aromatic carbocycles. The molecule has 0 bridgehead atoms. The van der Waals surface area contributed by atoms with E-state index in [0.717, 1.165) is 16.9 Å². The van der Waals surface area contributed by atoms with Gasteiger partial charge in [-0.1, -0.05) is 30.3 Å². The van der Waals surface area contributed by atoms with Crippen molar-refractivity contribution < 1.29 is 14.6 Å². The van der Waals surface area contributed by atoms with E-state index in [4.69, 9.17) is 9.47 Å². The topological polar surface area (TPSA) is 38.7 Å². The van der Waals surface area contributed by atoms with E-state index in [1.54, 1.807) is 20.1 Å². The van der Waals surface area contributed by atoms with Crippen molar-refractivity contribution in [3.63, 3.8) is 0 Å². The van der Waals surface area contributed by atoms with Crippen LogP contribution in [0, 0.1) is 0 Å². The molecule has 1 unspecified atom stereocenters. The van der Waals surface area contributed by atoms with Crippen molar-refractivity contribution in [3.8, 4) is 11.5 Å². The second kappa shape index (κ2) is 6.25. The first-order chi connectivity index (χ1) is 9.20. The van der Waals surface area contributed by atoms with Crippen LogP contribution < -0.4 is 9.47 Å². The molecule has 3 nitrogen and oxygen atoms in total. The van der Waals surface area contributed by atoms with Gasteiger partial charge in [0.25, 0.3) is 0 Å². The van der Waals surface area contributed by atoms with Crippen molar-refractivity contribution in [1.82, 2.24) is 0 Å². The number of methoxy groups -OCH3 is 1. The minimum Gasteiger partial charge on any atom is -0.496 e. The summed E-state index contributed by atoms with van der Waals surface area (Å²) in [5, 5.41) is 9.61. The molecular weight excluding hydrogens is 240 g/mol. The fraction of sp³-hybridized carbons (Fsp3) is 0.250. The fourth-order valence-corrected chi connectivity index (χ4v) is 1.87. The maximum atomic E-state index is 9.61. The van der Waals surface area contributed by atoms with Crippen LogP contribution in [0.2, 0.25) is 0 Å². The first-order valence-corrected chi connectivity index (χ1v) is 6.23. The number of ether oxygens (including phenoxy) is 2. The molecule has 0 radical (unpaired) electrons. The quantitative estimate of drug-likeness (QED) is 0.894. The molecule has 0 aliphatic heterocycles. The highest BCUT2D eigenvalue weighted by molar-refractivity contribution is 5.41. The zero-order valence-electron chi connectivity index (χ0n) is 11.2. The van der Waals surface area contributed by atoms with Crippen LogP contribution in [0.1, 0.15) is 24.2 Å². The summed E-state index contributed by atoms with van der Waals surface area (Å²) < 4.78 is 11.0. The molecule has 2 rings (SSSR count). The summed E-state index contributed by atoms with van der Waals surface area (Å²) in [6.45, 7) is 2.22. The molecule has 0 spiro atoms. The monoisotopic (exact) mass is 258 g/mol. The van der Waals surface area contributed by atoms with Crippen LogP contribution >= 0.6 is 0 Å². The van der Waals surface area contributed by atoms with Gasteiger partial charge in [-0.25, -0.2) is 0 Å². The predicted molar refractivity (Wildman–Crippen MR) is 74.4 cm³/mol. The van der Waals surface area contributed by atoms with Crippen LogP contribution in [0.4, 0.5) is 0 Å². The van der Waals surface area contributed by atoms with E-state index >= 15 is 0 Å². The van der Waals surface area contributed by atoms with Gasteiger partial charge in [0.2, 0.25) is 0 Å². The summed E-state index contributed by atoms with van der Waals surface area (Å²) in [4.78, 5) is 0. The van der Waals surface area contributed by atoms with Gasteiger partial charge in [0.1, 0.15) is 18.1 Å². The van der Waals surface area contributed by atoms with E-state index in [0.29, 0.717) is 12.4 Å². The number of benzene rings is 2. The van der Waals surface area contributed by atoms with Crippen LogP contribution in [0.3, 0.4) is 0 Å². The zero-order chi connectivity index (χ0) is 13.7. The molecular formula is C16H18O3. The van der Waals surface area contributed by atoms with Gasteiger partial charge in [0, 0.05) is 11.6 Å². The van der Waals surface area contributed by atoms with E-state index in [-0.39, 0.29) is 0 Å². The van der Waals surface area contributed by atoms with Gasteiger partial charge in [-0.15, -0.1) is 0 Å². The number of aliphatic hydroxyl groups excluding tert-OH is 1. The van der Waals surface area contributed by atoms with Crippen LogP contribution in [-0.4, -0.2) is 12.2 Å². The minimum absolute atomic E-state index is 0.512. The SMILES string of the molecule is COc1cc(OCc2ccccc2)ccc1C(C)O. The van der Waals surface area contributed by atoms with Gasteiger partial charge in [-0.05, 0) is 24.6 Å². The maximum absolute atomic E-state index is 9.61. The summed E-state index contributed by atoms with van der Waals surface area (Å²) >= 11 is 0. The molecule has 0 aromatic heterocycles. The fourth-order valence-electron chi connectivity index (χ4n) is 1.87. The Morgan fingerprint density at radius 1 is 1.11 bits per heavy atom. The Hall–Kier alpha value is -2.00. The Morgan fingerprint density at radius 3 is 2.47 bits per heavy atom. The zero-order valence-corrected chi connectivity index (χ0v) is 11.2. The molecule has 0 aliphatic rings. The van der Waals surface area contributed by atoms with Crippen molar-refractivity contribution >= 4 is 0 Å². The lowest BCUT2D eigenvalue weighted by Gasteiger charge is -2.13. The molecule has 1 N–H and O–H groups in total. The summed E-state index contributed by atoms with van der Waals surface area (Å²) in [5.41, 5.74) is 1.87. The lowest BCUT2D eigenvalue weighted by Crippen LogP contribution is -1.99. The van der Waals surface area contributed by atoms with Crippen molar-refractivity contribution in [2.24, 2.45) is 0 Å². The molecule has 0 saturated carbocycles. The average molecular weight is 258 g/mol. The number of hydrogen-bond donors (Lipinski definition) is 1. The third-order valence-electron chi connectivity index (χ3n) is 2.90. The van der Waals surface area contributed by atoms with E-state index in [1.165, 1.54) is 0 Å². The molecule has 0 saturated heterocycles.